The van der Waals surface area contributed by atoms with E-state index in [9.17, 15) is 4.79 Å². The van der Waals surface area contributed by atoms with Gasteiger partial charge in [0, 0.05) is 35.8 Å². The van der Waals surface area contributed by atoms with E-state index < -0.39 is 5.60 Å². The fourth-order valence-corrected chi connectivity index (χ4v) is 5.42. The SMILES string of the molecule is CCCCCCCCCCCCn1cc(-c2noc([C@@H]3CCCN3C(=O)OC(C)(C)C)n2)c2ccccc21. The summed E-state index contributed by atoms with van der Waals surface area (Å²) in [5.74, 6) is 1.06. The highest BCUT2D eigenvalue weighted by molar-refractivity contribution is 5.94. The Morgan fingerprint density at radius 1 is 1.03 bits per heavy atom. The van der Waals surface area contributed by atoms with Crippen LogP contribution in [0.1, 0.15) is 117 Å². The van der Waals surface area contributed by atoms with Crippen LogP contribution < -0.4 is 0 Å². The smallest absolute Gasteiger partial charge is 0.410 e. The molecule has 208 valence electrons. The van der Waals surface area contributed by atoms with Gasteiger partial charge in [0.05, 0.1) is 0 Å². The maximum Gasteiger partial charge on any atom is 0.410 e. The highest BCUT2D eigenvalue weighted by atomic mass is 16.6. The van der Waals surface area contributed by atoms with Crippen molar-refractivity contribution in [2.75, 3.05) is 6.54 Å². The van der Waals surface area contributed by atoms with Gasteiger partial charge in [-0.05, 0) is 46.1 Å². The molecule has 0 bridgehead atoms. The molecular weight excluding hydrogens is 476 g/mol. The molecule has 0 aliphatic carbocycles. The highest BCUT2D eigenvalue weighted by Crippen LogP contribution is 2.35. The van der Waals surface area contributed by atoms with Crippen LogP contribution in [0.3, 0.4) is 0 Å². The first kappa shape index (κ1) is 28.2. The number of rotatable bonds is 13. The Morgan fingerprint density at radius 3 is 2.42 bits per heavy atom. The number of carbonyl (C=O) groups excluding carboxylic acids is 1. The molecule has 3 heterocycles. The second-order valence-corrected chi connectivity index (χ2v) is 11.7. The Morgan fingerprint density at radius 2 is 1.71 bits per heavy atom. The molecule has 1 aliphatic heterocycles. The van der Waals surface area contributed by atoms with Gasteiger partial charge < -0.3 is 13.8 Å². The second-order valence-electron chi connectivity index (χ2n) is 11.7. The molecule has 4 rings (SSSR count). The number of likely N-dealkylation sites (tertiary alicyclic amines) is 1. The zero-order valence-corrected chi connectivity index (χ0v) is 23.9. The number of unbranched alkanes of at least 4 members (excludes halogenated alkanes) is 9. The molecule has 3 aromatic rings. The van der Waals surface area contributed by atoms with Crippen molar-refractivity contribution in [1.82, 2.24) is 19.6 Å². The van der Waals surface area contributed by atoms with Crippen LogP contribution in [0.5, 0.6) is 0 Å². The quantitative estimate of drug-likeness (QED) is 0.210. The molecule has 1 amide bonds. The van der Waals surface area contributed by atoms with Gasteiger partial charge in [-0.2, -0.15) is 4.98 Å². The molecule has 1 atom stereocenters. The van der Waals surface area contributed by atoms with E-state index in [1.807, 2.05) is 20.8 Å². The van der Waals surface area contributed by atoms with Crippen molar-refractivity contribution in [3.63, 3.8) is 0 Å². The number of fused-ring (bicyclic) bond motifs is 1. The monoisotopic (exact) mass is 522 g/mol. The van der Waals surface area contributed by atoms with Crippen molar-refractivity contribution in [3.8, 4) is 11.4 Å². The molecule has 2 aromatic heterocycles. The highest BCUT2D eigenvalue weighted by Gasteiger charge is 2.36. The van der Waals surface area contributed by atoms with E-state index in [0.29, 0.717) is 18.3 Å². The number of aromatic nitrogens is 3. The third-order valence-electron chi connectivity index (χ3n) is 7.39. The third kappa shape index (κ3) is 7.39. The summed E-state index contributed by atoms with van der Waals surface area (Å²) in [6, 6.07) is 8.18. The number of hydrogen-bond donors (Lipinski definition) is 0. The van der Waals surface area contributed by atoms with E-state index in [0.717, 1.165) is 30.3 Å². The summed E-state index contributed by atoms with van der Waals surface area (Å²) >= 11 is 0. The maximum atomic E-state index is 12.7. The Bertz CT molecular complexity index is 1160. The zero-order chi connectivity index (χ0) is 27.0. The summed E-state index contributed by atoms with van der Waals surface area (Å²) in [5.41, 5.74) is 1.63. The molecule has 1 aromatic carbocycles. The zero-order valence-electron chi connectivity index (χ0n) is 23.9. The average molecular weight is 523 g/mol. The summed E-state index contributed by atoms with van der Waals surface area (Å²) in [6.45, 7) is 9.53. The summed E-state index contributed by atoms with van der Waals surface area (Å²) in [5, 5.41) is 5.47. The molecule has 0 spiro atoms. The van der Waals surface area contributed by atoms with Crippen molar-refractivity contribution >= 4 is 17.0 Å². The Hall–Kier alpha value is -2.83. The van der Waals surface area contributed by atoms with Gasteiger partial charge >= 0.3 is 6.09 Å². The normalized spacial score (nSPS) is 16.0. The Labute approximate surface area is 227 Å². The molecule has 0 N–H and O–H groups in total. The lowest BCUT2D eigenvalue weighted by atomic mass is 10.1. The molecule has 1 fully saturated rings. The number of hydrogen-bond acceptors (Lipinski definition) is 5. The Balaban J connectivity index is 1.37. The number of benzene rings is 1. The van der Waals surface area contributed by atoms with E-state index in [1.54, 1.807) is 4.90 Å². The van der Waals surface area contributed by atoms with Gasteiger partial charge in [0.1, 0.15) is 11.6 Å². The van der Waals surface area contributed by atoms with Crippen molar-refractivity contribution in [2.45, 2.75) is 123 Å². The molecule has 7 nitrogen and oxygen atoms in total. The first-order valence-electron chi connectivity index (χ1n) is 14.8. The largest absolute Gasteiger partial charge is 0.444 e. The molecule has 0 unspecified atom stereocenters. The lowest BCUT2D eigenvalue weighted by Gasteiger charge is -2.26. The Kier molecular flexibility index (Phi) is 9.86. The summed E-state index contributed by atoms with van der Waals surface area (Å²) < 4.78 is 13.7. The molecule has 7 heteroatoms. The van der Waals surface area contributed by atoms with Crippen LogP contribution in [0.15, 0.2) is 35.0 Å². The number of nitrogens with zero attached hydrogens (tertiary/aromatic N) is 4. The van der Waals surface area contributed by atoms with Crippen LogP contribution in [0, 0.1) is 0 Å². The second kappa shape index (κ2) is 13.3. The predicted octanol–water partition coefficient (Wildman–Crippen LogP) is 8.68. The predicted molar refractivity (Wildman–Crippen MR) is 152 cm³/mol. The minimum atomic E-state index is -0.541. The van der Waals surface area contributed by atoms with Crippen LogP contribution >= 0.6 is 0 Å². The maximum absolute atomic E-state index is 12.7. The topological polar surface area (TPSA) is 73.4 Å². The average Bonchev–Trinajstić information content (AvgIpc) is 3.62. The fourth-order valence-electron chi connectivity index (χ4n) is 5.42. The summed E-state index contributed by atoms with van der Waals surface area (Å²) in [4.78, 5) is 19.2. The lowest BCUT2D eigenvalue weighted by molar-refractivity contribution is 0.0199. The van der Waals surface area contributed by atoms with Gasteiger partial charge in [-0.15, -0.1) is 0 Å². The fraction of sp³-hybridized carbons (Fsp3) is 0.645. The van der Waals surface area contributed by atoms with E-state index in [2.05, 4.69) is 47.1 Å². The van der Waals surface area contributed by atoms with Gasteiger partial charge in [0.25, 0.3) is 0 Å². The minimum Gasteiger partial charge on any atom is -0.444 e. The van der Waals surface area contributed by atoms with Gasteiger partial charge in [0.15, 0.2) is 0 Å². The van der Waals surface area contributed by atoms with Gasteiger partial charge in [-0.1, -0.05) is 88.1 Å². The molecule has 38 heavy (non-hydrogen) atoms. The van der Waals surface area contributed by atoms with E-state index >= 15 is 0 Å². The van der Waals surface area contributed by atoms with Crippen LogP contribution in [-0.2, 0) is 11.3 Å². The van der Waals surface area contributed by atoms with Crippen molar-refractivity contribution in [2.24, 2.45) is 0 Å². The molecule has 1 saturated heterocycles. The van der Waals surface area contributed by atoms with Crippen molar-refractivity contribution in [1.29, 1.82) is 0 Å². The van der Waals surface area contributed by atoms with E-state index in [4.69, 9.17) is 14.2 Å². The first-order chi connectivity index (χ1) is 18.4. The van der Waals surface area contributed by atoms with E-state index in [-0.39, 0.29) is 12.1 Å². The molecule has 1 aliphatic rings. The van der Waals surface area contributed by atoms with Gasteiger partial charge in [-0.25, -0.2) is 4.79 Å². The molecule has 0 radical (unpaired) electrons. The van der Waals surface area contributed by atoms with E-state index in [1.165, 1.54) is 69.7 Å². The van der Waals surface area contributed by atoms with Crippen molar-refractivity contribution < 1.29 is 14.1 Å². The van der Waals surface area contributed by atoms with Crippen LogP contribution in [0.25, 0.3) is 22.3 Å². The summed E-state index contributed by atoms with van der Waals surface area (Å²) in [6.07, 6.45) is 16.8. The third-order valence-corrected chi connectivity index (χ3v) is 7.39. The lowest BCUT2D eigenvalue weighted by Crippen LogP contribution is -2.36. The van der Waals surface area contributed by atoms with Crippen molar-refractivity contribution in [3.05, 3.63) is 36.4 Å². The number of ether oxygens (including phenoxy) is 1. The molecular formula is C31H46N4O3. The first-order valence-corrected chi connectivity index (χ1v) is 14.8. The number of para-hydroxylation sites is 1. The molecule has 0 saturated carbocycles. The minimum absolute atomic E-state index is 0.244. The van der Waals surface area contributed by atoms with Crippen LogP contribution in [0.2, 0.25) is 0 Å². The number of carbonyl (C=O) groups is 1. The van der Waals surface area contributed by atoms with Crippen LogP contribution in [-0.4, -0.2) is 37.8 Å². The summed E-state index contributed by atoms with van der Waals surface area (Å²) in [7, 11) is 0. The standard InChI is InChI=1S/C31H46N4O3/c1-5-6-7-8-9-10-11-12-13-16-21-34-23-25(24-18-14-15-19-26(24)34)28-32-29(38-33-28)27-20-17-22-35(27)30(36)37-31(2,3)4/h14-15,18-19,23,27H,5-13,16-17,20-22H2,1-4H3/t27-/m0/s1. The van der Waals surface area contributed by atoms with Crippen LogP contribution in [0.4, 0.5) is 4.79 Å². The number of aryl methyl sites for hydroxylation is 1. The van der Waals surface area contributed by atoms with Gasteiger partial charge in [0.2, 0.25) is 11.7 Å². The van der Waals surface area contributed by atoms with Gasteiger partial charge in [-0.3, -0.25) is 4.90 Å². The number of amides is 1.